The van der Waals surface area contributed by atoms with Crippen molar-refractivity contribution in [2.75, 3.05) is 36.0 Å². The minimum atomic E-state index is -0.178. The molecular formula is C22H27FN4O. The van der Waals surface area contributed by atoms with E-state index in [9.17, 15) is 9.18 Å². The molecular weight excluding hydrogens is 355 g/mol. The fourth-order valence-corrected chi connectivity index (χ4v) is 4.11. The molecule has 2 fully saturated rings. The van der Waals surface area contributed by atoms with E-state index in [1.807, 2.05) is 24.3 Å². The molecule has 0 unspecified atom stereocenters. The van der Waals surface area contributed by atoms with E-state index in [1.54, 1.807) is 12.3 Å². The number of amides is 1. The van der Waals surface area contributed by atoms with E-state index in [1.165, 1.54) is 25.3 Å². The number of nitrogens with zero attached hydrogens (tertiary/aromatic N) is 3. The van der Waals surface area contributed by atoms with Gasteiger partial charge < -0.3 is 15.1 Å². The number of aromatic nitrogens is 1. The molecule has 28 heavy (non-hydrogen) atoms. The molecule has 1 N–H and O–H groups in total. The van der Waals surface area contributed by atoms with Gasteiger partial charge in [0.1, 0.15) is 11.6 Å². The van der Waals surface area contributed by atoms with Crippen molar-refractivity contribution >= 4 is 17.4 Å². The second-order valence-corrected chi connectivity index (χ2v) is 7.64. The number of benzene rings is 1. The van der Waals surface area contributed by atoms with Gasteiger partial charge in [-0.3, -0.25) is 4.79 Å². The third kappa shape index (κ3) is 4.26. The number of piperazine rings is 1. The van der Waals surface area contributed by atoms with Crippen LogP contribution >= 0.6 is 0 Å². The van der Waals surface area contributed by atoms with E-state index < -0.39 is 0 Å². The summed E-state index contributed by atoms with van der Waals surface area (Å²) in [7, 11) is 0. The number of rotatable bonds is 4. The van der Waals surface area contributed by atoms with E-state index in [4.69, 9.17) is 0 Å². The average molecular weight is 382 g/mol. The third-order valence-electron chi connectivity index (χ3n) is 5.75. The maximum atomic E-state index is 14.0. The van der Waals surface area contributed by atoms with Gasteiger partial charge >= 0.3 is 0 Å². The van der Waals surface area contributed by atoms with Crippen molar-refractivity contribution in [2.45, 2.75) is 38.1 Å². The van der Waals surface area contributed by atoms with E-state index >= 15 is 0 Å². The quantitative estimate of drug-likeness (QED) is 0.878. The van der Waals surface area contributed by atoms with E-state index in [2.05, 4.69) is 20.1 Å². The Hall–Kier alpha value is -2.63. The Labute approximate surface area is 165 Å². The van der Waals surface area contributed by atoms with Crippen LogP contribution in [0, 0.1) is 5.82 Å². The molecule has 0 spiro atoms. The van der Waals surface area contributed by atoms with Crippen LogP contribution in [0.15, 0.2) is 42.6 Å². The lowest BCUT2D eigenvalue weighted by molar-refractivity contribution is 0.0927. The van der Waals surface area contributed by atoms with Gasteiger partial charge in [0.25, 0.3) is 5.91 Å². The summed E-state index contributed by atoms with van der Waals surface area (Å²) in [5, 5.41) is 3.13. The Balaban J connectivity index is 1.33. The monoisotopic (exact) mass is 382 g/mol. The third-order valence-corrected chi connectivity index (χ3v) is 5.75. The van der Waals surface area contributed by atoms with Gasteiger partial charge in [0, 0.05) is 38.4 Å². The van der Waals surface area contributed by atoms with E-state index in [0.29, 0.717) is 17.3 Å². The van der Waals surface area contributed by atoms with Crippen molar-refractivity contribution in [1.29, 1.82) is 0 Å². The molecule has 1 aliphatic heterocycles. The summed E-state index contributed by atoms with van der Waals surface area (Å²) < 4.78 is 14.0. The summed E-state index contributed by atoms with van der Waals surface area (Å²) in [6.07, 6.45) is 7.47. The summed E-state index contributed by atoms with van der Waals surface area (Å²) >= 11 is 0. The lowest BCUT2D eigenvalue weighted by Gasteiger charge is -2.36. The van der Waals surface area contributed by atoms with Gasteiger partial charge in [0.15, 0.2) is 0 Å². The SMILES string of the molecule is O=C(NC1CCCCC1)c1ccc(N2CCN(c3ccccc3F)CC2)nc1. The van der Waals surface area contributed by atoms with Crippen LogP contribution in [0.2, 0.25) is 0 Å². The standard InChI is InChI=1S/C22H27FN4O/c23-19-8-4-5-9-20(19)26-12-14-27(15-13-26)21-11-10-17(16-24-21)22(28)25-18-6-2-1-3-7-18/h4-5,8-11,16,18H,1-3,6-7,12-15H2,(H,25,28). The Bertz CT molecular complexity index is 796. The maximum absolute atomic E-state index is 14.0. The van der Waals surface area contributed by atoms with E-state index in [0.717, 1.165) is 44.8 Å². The topological polar surface area (TPSA) is 48.5 Å². The molecule has 1 saturated heterocycles. The van der Waals surface area contributed by atoms with Crippen LogP contribution < -0.4 is 15.1 Å². The van der Waals surface area contributed by atoms with Gasteiger partial charge in [-0.25, -0.2) is 9.37 Å². The Morgan fingerprint density at radius 3 is 2.36 bits per heavy atom. The number of hydrogen-bond donors (Lipinski definition) is 1. The first-order chi connectivity index (χ1) is 13.7. The van der Waals surface area contributed by atoms with Gasteiger partial charge in [-0.05, 0) is 37.1 Å². The van der Waals surface area contributed by atoms with Crippen LogP contribution in [0.5, 0.6) is 0 Å². The van der Waals surface area contributed by atoms with Crippen molar-refractivity contribution in [3.63, 3.8) is 0 Å². The molecule has 1 saturated carbocycles. The minimum Gasteiger partial charge on any atom is -0.366 e. The molecule has 0 bridgehead atoms. The molecule has 2 aromatic rings. The summed E-state index contributed by atoms with van der Waals surface area (Å²) in [6.45, 7) is 3.03. The minimum absolute atomic E-state index is 0.0321. The number of halogens is 1. The first-order valence-corrected chi connectivity index (χ1v) is 10.2. The second-order valence-electron chi connectivity index (χ2n) is 7.64. The zero-order chi connectivity index (χ0) is 19.3. The van der Waals surface area contributed by atoms with Gasteiger partial charge in [-0.15, -0.1) is 0 Å². The van der Waals surface area contributed by atoms with Crippen LogP contribution in [0.25, 0.3) is 0 Å². The fourth-order valence-electron chi connectivity index (χ4n) is 4.11. The van der Waals surface area contributed by atoms with Crippen molar-refractivity contribution in [3.05, 3.63) is 54.0 Å². The molecule has 5 nitrogen and oxygen atoms in total. The number of carbonyl (C=O) groups is 1. The molecule has 1 aromatic heterocycles. The molecule has 0 atom stereocenters. The number of anilines is 2. The number of nitrogens with one attached hydrogen (secondary N) is 1. The summed E-state index contributed by atoms with van der Waals surface area (Å²) in [6, 6.07) is 11.0. The van der Waals surface area contributed by atoms with Gasteiger partial charge in [0.05, 0.1) is 11.3 Å². The predicted octanol–water partition coefficient (Wildman–Crippen LogP) is 3.61. The molecule has 2 heterocycles. The van der Waals surface area contributed by atoms with Crippen LogP contribution in [-0.4, -0.2) is 43.1 Å². The first-order valence-electron chi connectivity index (χ1n) is 10.2. The second kappa shape index (κ2) is 8.59. The zero-order valence-electron chi connectivity index (χ0n) is 16.1. The number of hydrogen-bond acceptors (Lipinski definition) is 4. The molecule has 1 aliphatic carbocycles. The summed E-state index contributed by atoms with van der Waals surface area (Å²) in [5.74, 6) is 0.653. The molecule has 0 radical (unpaired) electrons. The highest BCUT2D eigenvalue weighted by Crippen LogP contribution is 2.22. The van der Waals surface area contributed by atoms with Crippen molar-refractivity contribution in [1.82, 2.24) is 10.3 Å². The highest BCUT2D eigenvalue weighted by Gasteiger charge is 2.21. The number of carbonyl (C=O) groups excluding carboxylic acids is 1. The highest BCUT2D eigenvalue weighted by molar-refractivity contribution is 5.94. The first kappa shape index (κ1) is 18.7. The van der Waals surface area contributed by atoms with Crippen LogP contribution in [-0.2, 0) is 0 Å². The number of para-hydroxylation sites is 1. The van der Waals surface area contributed by atoms with Gasteiger partial charge in [-0.1, -0.05) is 31.4 Å². The lowest BCUT2D eigenvalue weighted by atomic mass is 9.95. The highest BCUT2D eigenvalue weighted by atomic mass is 19.1. The largest absolute Gasteiger partial charge is 0.366 e. The Morgan fingerprint density at radius 1 is 0.964 bits per heavy atom. The van der Waals surface area contributed by atoms with Gasteiger partial charge in [0.2, 0.25) is 0 Å². The molecule has 148 valence electrons. The van der Waals surface area contributed by atoms with Crippen molar-refractivity contribution < 1.29 is 9.18 Å². The van der Waals surface area contributed by atoms with Crippen molar-refractivity contribution in [2.24, 2.45) is 0 Å². The Morgan fingerprint density at radius 2 is 1.68 bits per heavy atom. The number of pyridine rings is 1. The normalized spacial score (nSPS) is 18.2. The van der Waals surface area contributed by atoms with E-state index in [-0.39, 0.29) is 11.7 Å². The van der Waals surface area contributed by atoms with Crippen LogP contribution in [0.3, 0.4) is 0 Å². The molecule has 4 rings (SSSR count). The van der Waals surface area contributed by atoms with Crippen LogP contribution in [0.4, 0.5) is 15.9 Å². The summed E-state index contributed by atoms with van der Waals surface area (Å²) in [5.41, 5.74) is 1.27. The molecule has 1 aromatic carbocycles. The van der Waals surface area contributed by atoms with Gasteiger partial charge in [-0.2, -0.15) is 0 Å². The molecule has 2 aliphatic rings. The zero-order valence-corrected chi connectivity index (χ0v) is 16.1. The average Bonchev–Trinajstić information content (AvgIpc) is 2.75. The maximum Gasteiger partial charge on any atom is 0.253 e. The Kier molecular flexibility index (Phi) is 5.74. The smallest absolute Gasteiger partial charge is 0.253 e. The van der Waals surface area contributed by atoms with Crippen molar-refractivity contribution in [3.8, 4) is 0 Å². The molecule has 1 amide bonds. The predicted molar refractivity (Wildman–Crippen MR) is 109 cm³/mol. The van der Waals surface area contributed by atoms with Crippen LogP contribution in [0.1, 0.15) is 42.5 Å². The lowest BCUT2D eigenvalue weighted by Crippen LogP contribution is -2.47. The summed E-state index contributed by atoms with van der Waals surface area (Å²) in [4.78, 5) is 21.2. The molecule has 6 heteroatoms. The fraction of sp³-hybridized carbons (Fsp3) is 0.455.